The van der Waals surface area contributed by atoms with E-state index in [0.717, 1.165) is 13.0 Å². The molecule has 0 aliphatic heterocycles. The molecule has 0 rings (SSSR count). The van der Waals surface area contributed by atoms with Crippen molar-refractivity contribution >= 4 is 6.09 Å². The van der Waals surface area contributed by atoms with Gasteiger partial charge < -0.3 is 15.4 Å². The number of alkyl carbamates (subject to hydrolysis) is 1. The number of carbonyl (C=O) groups is 1. The van der Waals surface area contributed by atoms with E-state index >= 15 is 0 Å². The standard InChI is InChI=1S/C16H34N2O2/c1-6-7-8-9-11-14(2)17-12-10-13-18-15(19)20-16(3,4)5/h14,17H,6-13H2,1-5H3,(H,18,19). The van der Waals surface area contributed by atoms with E-state index in [0.29, 0.717) is 12.6 Å². The molecule has 0 aliphatic carbocycles. The fraction of sp³-hybridized carbons (Fsp3) is 0.938. The van der Waals surface area contributed by atoms with Crippen LogP contribution >= 0.6 is 0 Å². The summed E-state index contributed by atoms with van der Waals surface area (Å²) in [7, 11) is 0. The highest BCUT2D eigenvalue weighted by atomic mass is 16.6. The molecular weight excluding hydrogens is 252 g/mol. The summed E-state index contributed by atoms with van der Waals surface area (Å²) in [5, 5.41) is 6.26. The third kappa shape index (κ3) is 13.7. The smallest absolute Gasteiger partial charge is 0.407 e. The van der Waals surface area contributed by atoms with Gasteiger partial charge in [-0.2, -0.15) is 0 Å². The Hall–Kier alpha value is -0.770. The normalized spacial score (nSPS) is 13.1. The number of unbranched alkanes of at least 4 members (excludes halogenated alkanes) is 3. The molecule has 2 N–H and O–H groups in total. The first-order chi connectivity index (χ1) is 9.35. The average molecular weight is 286 g/mol. The van der Waals surface area contributed by atoms with Crippen LogP contribution in [0.25, 0.3) is 0 Å². The zero-order chi connectivity index (χ0) is 15.4. The number of hydrogen-bond donors (Lipinski definition) is 2. The summed E-state index contributed by atoms with van der Waals surface area (Å²) >= 11 is 0. The van der Waals surface area contributed by atoms with Crippen LogP contribution in [0.15, 0.2) is 0 Å². The van der Waals surface area contributed by atoms with Crippen molar-refractivity contribution in [1.29, 1.82) is 0 Å². The first-order valence-electron chi connectivity index (χ1n) is 8.05. The fourth-order valence-corrected chi connectivity index (χ4v) is 1.92. The highest BCUT2D eigenvalue weighted by Crippen LogP contribution is 2.06. The summed E-state index contributed by atoms with van der Waals surface area (Å²) in [5.74, 6) is 0. The molecule has 0 aromatic heterocycles. The number of nitrogens with one attached hydrogen (secondary N) is 2. The minimum atomic E-state index is -0.421. The van der Waals surface area contributed by atoms with E-state index < -0.39 is 5.60 Å². The van der Waals surface area contributed by atoms with Gasteiger partial charge in [0.1, 0.15) is 5.60 Å². The molecule has 0 heterocycles. The van der Waals surface area contributed by atoms with E-state index in [1.807, 2.05) is 20.8 Å². The lowest BCUT2D eigenvalue weighted by molar-refractivity contribution is 0.0527. The van der Waals surface area contributed by atoms with Gasteiger partial charge in [-0.3, -0.25) is 0 Å². The predicted octanol–water partition coefficient (Wildman–Crippen LogP) is 3.85. The lowest BCUT2D eigenvalue weighted by atomic mass is 10.1. The van der Waals surface area contributed by atoms with Crippen LogP contribution in [0.5, 0.6) is 0 Å². The van der Waals surface area contributed by atoms with Gasteiger partial charge in [-0.25, -0.2) is 4.79 Å². The molecule has 20 heavy (non-hydrogen) atoms. The van der Waals surface area contributed by atoms with Crippen molar-refractivity contribution in [3.63, 3.8) is 0 Å². The van der Waals surface area contributed by atoms with Gasteiger partial charge in [0.2, 0.25) is 0 Å². The molecule has 4 heteroatoms. The van der Waals surface area contributed by atoms with Gasteiger partial charge in [0.15, 0.2) is 0 Å². The average Bonchev–Trinajstić information content (AvgIpc) is 2.32. The SMILES string of the molecule is CCCCCCC(C)NCCCNC(=O)OC(C)(C)C. The van der Waals surface area contributed by atoms with E-state index in [1.54, 1.807) is 0 Å². The molecule has 0 aromatic carbocycles. The molecule has 4 nitrogen and oxygen atoms in total. The van der Waals surface area contributed by atoms with Gasteiger partial charge in [-0.1, -0.05) is 32.6 Å². The molecule has 1 atom stereocenters. The Bertz CT molecular complexity index is 249. The van der Waals surface area contributed by atoms with Crippen molar-refractivity contribution in [3.05, 3.63) is 0 Å². The molecular formula is C16H34N2O2. The van der Waals surface area contributed by atoms with Gasteiger partial charge in [0.05, 0.1) is 0 Å². The number of hydrogen-bond acceptors (Lipinski definition) is 3. The van der Waals surface area contributed by atoms with Crippen LogP contribution in [0, 0.1) is 0 Å². The van der Waals surface area contributed by atoms with Crippen LogP contribution in [-0.4, -0.2) is 30.8 Å². The van der Waals surface area contributed by atoms with E-state index in [-0.39, 0.29) is 6.09 Å². The topological polar surface area (TPSA) is 50.4 Å². The van der Waals surface area contributed by atoms with Crippen molar-refractivity contribution in [2.45, 2.75) is 84.8 Å². The largest absolute Gasteiger partial charge is 0.444 e. The van der Waals surface area contributed by atoms with Crippen LogP contribution in [0.3, 0.4) is 0 Å². The molecule has 0 spiro atoms. The maximum Gasteiger partial charge on any atom is 0.407 e. The summed E-state index contributed by atoms with van der Waals surface area (Å²) in [6.45, 7) is 11.7. The van der Waals surface area contributed by atoms with Crippen molar-refractivity contribution < 1.29 is 9.53 Å². The minimum absolute atomic E-state index is 0.329. The van der Waals surface area contributed by atoms with Crippen molar-refractivity contribution in [1.82, 2.24) is 10.6 Å². The zero-order valence-corrected chi connectivity index (χ0v) is 14.1. The van der Waals surface area contributed by atoms with E-state index in [9.17, 15) is 4.79 Å². The Kier molecular flexibility index (Phi) is 10.5. The molecule has 0 aliphatic rings. The van der Waals surface area contributed by atoms with Crippen molar-refractivity contribution in [2.75, 3.05) is 13.1 Å². The Morgan fingerprint density at radius 3 is 2.40 bits per heavy atom. The summed E-state index contributed by atoms with van der Waals surface area (Å²) in [6.07, 6.45) is 7.11. The van der Waals surface area contributed by atoms with Crippen LogP contribution < -0.4 is 10.6 Å². The van der Waals surface area contributed by atoms with Crippen LogP contribution in [-0.2, 0) is 4.74 Å². The third-order valence-corrected chi connectivity index (χ3v) is 3.01. The number of rotatable bonds is 10. The molecule has 0 fully saturated rings. The van der Waals surface area contributed by atoms with Gasteiger partial charge in [-0.15, -0.1) is 0 Å². The van der Waals surface area contributed by atoms with Gasteiger partial charge in [0, 0.05) is 12.6 Å². The number of ether oxygens (including phenoxy) is 1. The molecule has 1 amide bonds. The summed E-state index contributed by atoms with van der Waals surface area (Å²) in [6, 6.07) is 0.563. The van der Waals surface area contributed by atoms with Crippen LogP contribution in [0.4, 0.5) is 4.79 Å². The Balaban J connectivity index is 3.41. The lowest BCUT2D eigenvalue weighted by Gasteiger charge is -2.19. The van der Waals surface area contributed by atoms with Gasteiger partial charge in [0.25, 0.3) is 0 Å². The van der Waals surface area contributed by atoms with Crippen molar-refractivity contribution in [2.24, 2.45) is 0 Å². The highest BCUT2D eigenvalue weighted by Gasteiger charge is 2.15. The minimum Gasteiger partial charge on any atom is -0.444 e. The highest BCUT2D eigenvalue weighted by molar-refractivity contribution is 5.67. The number of carbonyl (C=O) groups excluding carboxylic acids is 1. The second kappa shape index (κ2) is 11.0. The summed E-state index contributed by atoms with van der Waals surface area (Å²) in [4.78, 5) is 11.4. The Morgan fingerprint density at radius 2 is 1.80 bits per heavy atom. The fourth-order valence-electron chi connectivity index (χ4n) is 1.92. The summed E-state index contributed by atoms with van der Waals surface area (Å²) < 4.78 is 5.17. The monoisotopic (exact) mass is 286 g/mol. The molecule has 120 valence electrons. The number of amides is 1. The third-order valence-electron chi connectivity index (χ3n) is 3.01. The van der Waals surface area contributed by atoms with Crippen LogP contribution in [0.1, 0.15) is 73.1 Å². The zero-order valence-electron chi connectivity index (χ0n) is 14.1. The first kappa shape index (κ1) is 19.2. The molecule has 0 aromatic rings. The molecule has 0 bridgehead atoms. The van der Waals surface area contributed by atoms with Crippen LogP contribution in [0.2, 0.25) is 0 Å². The maximum atomic E-state index is 11.4. The molecule has 1 unspecified atom stereocenters. The van der Waals surface area contributed by atoms with Gasteiger partial charge in [-0.05, 0) is 47.1 Å². The molecule has 0 saturated carbocycles. The Morgan fingerprint density at radius 1 is 1.10 bits per heavy atom. The second-order valence-corrected chi connectivity index (χ2v) is 6.49. The van der Waals surface area contributed by atoms with E-state index in [2.05, 4.69) is 24.5 Å². The maximum absolute atomic E-state index is 11.4. The second-order valence-electron chi connectivity index (χ2n) is 6.49. The Labute approximate surface area is 125 Å². The summed E-state index contributed by atoms with van der Waals surface area (Å²) in [5.41, 5.74) is -0.421. The first-order valence-corrected chi connectivity index (χ1v) is 8.05. The lowest BCUT2D eigenvalue weighted by Crippen LogP contribution is -2.34. The molecule has 0 radical (unpaired) electrons. The van der Waals surface area contributed by atoms with Crippen molar-refractivity contribution in [3.8, 4) is 0 Å². The van der Waals surface area contributed by atoms with E-state index in [4.69, 9.17) is 4.74 Å². The predicted molar refractivity (Wildman–Crippen MR) is 85.1 cm³/mol. The van der Waals surface area contributed by atoms with Gasteiger partial charge >= 0.3 is 6.09 Å². The quantitative estimate of drug-likeness (QED) is 0.600. The molecule has 0 saturated heterocycles. The van der Waals surface area contributed by atoms with E-state index in [1.165, 1.54) is 32.1 Å².